The Morgan fingerprint density at radius 1 is 0.921 bits per heavy atom. The van der Waals surface area contributed by atoms with Gasteiger partial charge in [-0.25, -0.2) is 0 Å². The molecular weight excluding hydrogens is 519 g/mol. The number of rotatable bonds is 6. The van der Waals surface area contributed by atoms with Crippen molar-refractivity contribution in [2.24, 2.45) is 11.3 Å². The quantitative estimate of drug-likeness (QED) is 0.363. The second kappa shape index (κ2) is 11.1. The standard InChI is InChI=1S/C31H34Cl2N2O3/c1-20(2)27(34-28(36)23-9-5-7-21(17-23)22-8-6-10-26(33)18-22)29(37)35-16-15-31(38,30(3,4)19-35)24-11-13-25(32)14-12-24/h5-14,17-18,20,27,38H,15-16,19H2,1-4H3,(H,34,36)/t27-,31+/m1/s1. The van der Waals surface area contributed by atoms with Crippen LogP contribution in [0.5, 0.6) is 0 Å². The van der Waals surface area contributed by atoms with Gasteiger partial charge in [0.2, 0.25) is 5.91 Å². The number of piperidine rings is 1. The Kier molecular flexibility index (Phi) is 8.22. The highest BCUT2D eigenvalue weighted by Crippen LogP contribution is 2.46. The minimum Gasteiger partial charge on any atom is -0.384 e. The number of carbonyl (C=O) groups excluding carboxylic acids is 2. The summed E-state index contributed by atoms with van der Waals surface area (Å²) in [4.78, 5) is 28.8. The van der Waals surface area contributed by atoms with Crippen LogP contribution in [0.25, 0.3) is 11.1 Å². The average molecular weight is 554 g/mol. The zero-order valence-corrected chi connectivity index (χ0v) is 23.7. The van der Waals surface area contributed by atoms with Crippen molar-refractivity contribution < 1.29 is 14.7 Å². The van der Waals surface area contributed by atoms with Gasteiger partial charge in [-0.05, 0) is 65.4 Å². The molecule has 0 saturated carbocycles. The summed E-state index contributed by atoms with van der Waals surface area (Å²) < 4.78 is 0. The van der Waals surface area contributed by atoms with Gasteiger partial charge in [0.05, 0.1) is 5.60 Å². The van der Waals surface area contributed by atoms with Gasteiger partial charge in [-0.3, -0.25) is 9.59 Å². The molecule has 0 bridgehead atoms. The zero-order valence-electron chi connectivity index (χ0n) is 22.2. The van der Waals surface area contributed by atoms with Crippen LogP contribution in [0.1, 0.15) is 50.0 Å². The maximum Gasteiger partial charge on any atom is 0.251 e. The molecule has 0 unspecified atom stereocenters. The highest BCUT2D eigenvalue weighted by atomic mass is 35.5. The van der Waals surface area contributed by atoms with Crippen LogP contribution >= 0.6 is 23.2 Å². The number of nitrogens with one attached hydrogen (secondary N) is 1. The molecule has 1 aliphatic heterocycles. The summed E-state index contributed by atoms with van der Waals surface area (Å²) in [7, 11) is 0. The second-order valence-electron chi connectivity index (χ2n) is 11.0. The average Bonchev–Trinajstić information content (AvgIpc) is 2.88. The number of halogens is 2. The number of hydrogen-bond donors (Lipinski definition) is 2. The number of hydrogen-bond acceptors (Lipinski definition) is 3. The molecule has 2 amide bonds. The molecule has 0 spiro atoms. The van der Waals surface area contributed by atoms with E-state index in [1.54, 1.807) is 35.2 Å². The summed E-state index contributed by atoms with van der Waals surface area (Å²) in [5.41, 5.74) is 1.31. The molecule has 0 aromatic heterocycles. The van der Waals surface area contributed by atoms with Crippen molar-refractivity contribution in [3.8, 4) is 11.1 Å². The topological polar surface area (TPSA) is 69.6 Å². The van der Waals surface area contributed by atoms with Gasteiger partial charge in [0.15, 0.2) is 0 Å². The molecule has 1 aliphatic rings. The van der Waals surface area contributed by atoms with E-state index in [4.69, 9.17) is 23.2 Å². The van der Waals surface area contributed by atoms with Crippen LogP contribution in [0, 0.1) is 11.3 Å². The van der Waals surface area contributed by atoms with Crippen LogP contribution in [-0.4, -0.2) is 41.0 Å². The minimum absolute atomic E-state index is 0.122. The number of likely N-dealkylation sites (tertiary alicyclic amines) is 1. The Morgan fingerprint density at radius 2 is 1.55 bits per heavy atom. The Morgan fingerprint density at radius 3 is 2.16 bits per heavy atom. The molecule has 3 aromatic rings. The fourth-order valence-corrected chi connectivity index (χ4v) is 5.53. The molecule has 200 valence electrons. The Bertz CT molecular complexity index is 1320. The first-order valence-electron chi connectivity index (χ1n) is 12.9. The summed E-state index contributed by atoms with van der Waals surface area (Å²) in [6.07, 6.45) is 0.383. The third-order valence-electron chi connectivity index (χ3n) is 7.58. The lowest BCUT2D eigenvalue weighted by Gasteiger charge is -2.51. The highest BCUT2D eigenvalue weighted by Gasteiger charge is 2.50. The Hall–Kier alpha value is -2.86. The molecule has 7 heteroatoms. The van der Waals surface area contributed by atoms with Crippen LogP contribution in [0.15, 0.2) is 72.8 Å². The van der Waals surface area contributed by atoms with Gasteiger partial charge < -0.3 is 15.3 Å². The molecular formula is C31H34Cl2N2O3. The van der Waals surface area contributed by atoms with Gasteiger partial charge in [-0.15, -0.1) is 0 Å². The van der Waals surface area contributed by atoms with Crippen molar-refractivity contribution >= 4 is 35.0 Å². The van der Waals surface area contributed by atoms with Crippen molar-refractivity contribution in [1.29, 1.82) is 0 Å². The maximum atomic E-state index is 13.7. The van der Waals surface area contributed by atoms with E-state index in [1.807, 2.05) is 70.2 Å². The van der Waals surface area contributed by atoms with Crippen LogP contribution in [0.3, 0.4) is 0 Å². The zero-order chi connectivity index (χ0) is 27.7. The molecule has 1 saturated heterocycles. The summed E-state index contributed by atoms with van der Waals surface area (Å²) in [5, 5.41) is 15.9. The van der Waals surface area contributed by atoms with Crippen molar-refractivity contribution in [3.63, 3.8) is 0 Å². The van der Waals surface area contributed by atoms with Gasteiger partial charge in [0.25, 0.3) is 5.91 Å². The van der Waals surface area contributed by atoms with E-state index in [-0.39, 0.29) is 17.7 Å². The first-order chi connectivity index (χ1) is 17.9. The van der Waals surface area contributed by atoms with Crippen molar-refractivity contribution in [3.05, 3.63) is 94.0 Å². The van der Waals surface area contributed by atoms with E-state index in [2.05, 4.69) is 5.32 Å². The molecule has 1 heterocycles. The van der Waals surface area contributed by atoms with E-state index in [0.717, 1.165) is 16.7 Å². The number of amides is 2. The first kappa shape index (κ1) is 28.2. The molecule has 2 atom stereocenters. The number of aliphatic hydroxyl groups is 1. The summed E-state index contributed by atoms with van der Waals surface area (Å²) >= 11 is 12.2. The maximum absolute atomic E-state index is 13.7. The second-order valence-corrected chi connectivity index (χ2v) is 11.9. The van der Waals surface area contributed by atoms with Crippen LogP contribution < -0.4 is 5.32 Å². The first-order valence-corrected chi connectivity index (χ1v) is 13.6. The normalized spacial score (nSPS) is 19.7. The molecule has 0 radical (unpaired) electrons. The Labute approximate surface area is 234 Å². The molecule has 2 N–H and O–H groups in total. The van der Waals surface area contributed by atoms with Crippen LogP contribution in [0.4, 0.5) is 0 Å². The molecule has 38 heavy (non-hydrogen) atoms. The summed E-state index contributed by atoms with van der Waals surface area (Å²) in [6, 6.07) is 21.3. The minimum atomic E-state index is -1.11. The summed E-state index contributed by atoms with van der Waals surface area (Å²) in [6.45, 7) is 8.50. The fourth-order valence-electron chi connectivity index (χ4n) is 5.21. The highest BCUT2D eigenvalue weighted by molar-refractivity contribution is 6.31. The van der Waals surface area contributed by atoms with E-state index < -0.39 is 17.1 Å². The van der Waals surface area contributed by atoms with E-state index in [0.29, 0.717) is 35.1 Å². The van der Waals surface area contributed by atoms with Crippen LogP contribution in [0.2, 0.25) is 10.0 Å². The number of benzene rings is 3. The van der Waals surface area contributed by atoms with E-state index in [9.17, 15) is 14.7 Å². The van der Waals surface area contributed by atoms with Crippen molar-refractivity contribution in [2.45, 2.75) is 45.8 Å². The lowest BCUT2D eigenvalue weighted by molar-refractivity contribution is -0.155. The molecule has 4 rings (SSSR count). The Balaban J connectivity index is 1.50. The monoisotopic (exact) mass is 552 g/mol. The predicted molar refractivity (Wildman–Crippen MR) is 153 cm³/mol. The summed E-state index contributed by atoms with van der Waals surface area (Å²) in [5.74, 6) is -0.580. The largest absolute Gasteiger partial charge is 0.384 e. The fraction of sp³-hybridized carbons (Fsp3) is 0.355. The van der Waals surface area contributed by atoms with Gasteiger partial charge in [0, 0.05) is 34.1 Å². The number of nitrogens with zero attached hydrogens (tertiary/aromatic N) is 1. The van der Waals surface area contributed by atoms with Crippen LogP contribution in [-0.2, 0) is 10.4 Å². The van der Waals surface area contributed by atoms with Gasteiger partial charge in [0.1, 0.15) is 6.04 Å². The predicted octanol–water partition coefficient (Wildman–Crippen LogP) is 6.56. The van der Waals surface area contributed by atoms with Gasteiger partial charge in [-0.1, -0.05) is 87.3 Å². The van der Waals surface area contributed by atoms with Gasteiger partial charge in [-0.2, -0.15) is 0 Å². The van der Waals surface area contributed by atoms with Gasteiger partial charge >= 0.3 is 0 Å². The third kappa shape index (κ3) is 5.75. The third-order valence-corrected chi connectivity index (χ3v) is 8.07. The lowest BCUT2D eigenvalue weighted by atomic mass is 9.66. The van der Waals surface area contributed by atoms with Crippen molar-refractivity contribution in [1.82, 2.24) is 10.2 Å². The molecule has 0 aliphatic carbocycles. The van der Waals surface area contributed by atoms with E-state index >= 15 is 0 Å². The molecule has 3 aromatic carbocycles. The molecule has 1 fully saturated rings. The SMILES string of the molecule is CC(C)[C@@H](NC(=O)c1cccc(-c2cccc(Cl)c2)c1)C(=O)N1CC[C@](O)(c2ccc(Cl)cc2)C(C)(C)C1. The van der Waals surface area contributed by atoms with E-state index in [1.165, 1.54) is 0 Å². The number of carbonyl (C=O) groups is 2. The smallest absolute Gasteiger partial charge is 0.251 e. The molecule has 5 nitrogen and oxygen atoms in total. The van der Waals surface area contributed by atoms with Crippen molar-refractivity contribution in [2.75, 3.05) is 13.1 Å². The lowest BCUT2D eigenvalue weighted by Crippen LogP contribution is -2.60.